The largest absolute Gasteiger partial charge is 0.748 e. The molecule has 5 rings (SSSR count). The normalized spacial score (nSPS) is 15.0. The Balaban J connectivity index is 1.51. The van der Waals surface area contributed by atoms with Gasteiger partial charge < -0.3 is 9.45 Å². The van der Waals surface area contributed by atoms with Crippen molar-refractivity contribution in [2.24, 2.45) is 0 Å². The number of hydrogen-bond donors (Lipinski definition) is 1. The molecule has 3 aromatic carbocycles. The molecule has 1 aliphatic heterocycles. The molecule has 0 aliphatic carbocycles. The average Bonchev–Trinajstić information content (AvgIpc) is 3.44. The van der Waals surface area contributed by atoms with Gasteiger partial charge in [0, 0.05) is 35.8 Å². The maximum absolute atomic E-state index is 11.4. The molecule has 0 spiro atoms. The van der Waals surface area contributed by atoms with Crippen molar-refractivity contribution in [2.75, 3.05) is 23.0 Å². The Morgan fingerprint density at radius 1 is 0.977 bits per heavy atom. The summed E-state index contributed by atoms with van der Waals surface area (Å²) in [6, 6.07) is 22.4. The third kappa shape index (κ3) is 8.14. The number of nitrogens with zero attached hydrogens (tertiary/aromatic N) is 2. The second kappa shape index (κ2) is 12.9. The lowest BCUT2D eigenvalue weighted by atomic mass is 10.1. The molecule has 0 atom stereocenters. The second-order valence-electron chi connectivity index (χ2n) is 10.5. The van der Waals surface area contributed by atoms with Gasteiger partial charge in [-0.05, 0) is 66.8 Å². The average molecular weight is 657 g/mol. The van der Waals surface area contributed by atoms with Crippen molar-refractivity contribution in [3.8, 4) is 11.1 Å². The van der Waals surface area contributed by atoms with Crippen LogP contribution < -0.4 is 9.47 Å². The molecule has 0 fully saturated rings. The maximum Gasteiger partial charge on any atom is 0.264 e. The van der Waals surface area contributed by atoms with Crippen LogP contribution in [-0.2, 0) is 26.8 Å². The van der Waals surface area contributed by atoms with Crippen LogP contribution in [0.3, 0.4) is 0 Å². The number of anilines is 1. The van der Waals surface area contributed by atoms with Gasteiger partial charge in [0.05, 0.1) is 26.6 Å². The van der Waals surface area contributed by atoms with E-state index in [-0.39, 0.29) is 18.6 Å². The fourth-order valence-electron chi connectivity index (χ4n) is 5.03. The Morgan fingerprint density at radius 3 is 2.47 bits per heavy atom. The van der Waals surface area contributed by atoms with Crippen LogP contribution in [0.4, 0.5) is 5.69 Å². The van der Waals surface area contributed by atoms with Gasteiger partial charge >= 0.3 is 0 Å². The Kier molecular flexibility index (Phi) is 9.45. The van der Waals surface area contributed by atoms with Crippen LogP contribution in [0.25, 0.3) is 27.4 Å². The zero-order valence-corrected chi connectivity index (χ0v) is 27.0. The summed E-state index contributed by atoms with van der Waals surface area (Å²) in [7, 11) is -8.39. The van der Waals surface area contributed by atoms with Gasteiger partial charge in [0.15, 0.2) is 6.54 Å². The highest BCUT2D eigenvalue weighted by Gasteiger charge is 2.26. The van der Waals surface area contributed by atoms with Gasteiger partial charge in [-0.3, -0.25) is 4.55 Å². The van der Waals surface area contributed by atoms with Crippen LogP contribution in [0.5, 0.6) is 0 Å². The Bertz CT molecular complexity index is 1930. The number of aromatic nitrogens is 1. The van der Waals surface area contributed by atoms with Crippen LogP contribution in [0, 0.1) is 6.92 Å². The van der Waals surface area contributed by atoms with Crippen LogP contribution in [0.1, 0.15) is 30.3 Å². The third-order valence-electron chi connectivity index (χ3n) is 6.99. The molecule has 0 saturated heterocycles. The van der Waals surface area contributed by atoms with E-state index < -0.39 is 26.0 Å². The molecule has 0 radical (unpaired) electrons. The van der Waals surface area contributed by atoms with E-state index in [0.29, 0.717) is 13.1 Å². The number of fused-ring (bicyclic) bond motifs is 2. The molecular weight excluding hydrogens is 625 g/mol. The molecule has 0 amide bonds. The van der Waals surface area contributed by atoms with E-state index in [1.807, 2.05) is 50.2 Å². The van der Waals surface area contributed by atoms with E-state index >= 15 is 0 Å². The number of benzene rings is 3. The first-order valence-corrected chi connectivity index (χ1v) is 18.5. The predicted octanol–water partition coefficient (Wildman–Crippen LogP) is 6.23. The molecule has 226 valence electrons. The van der Waals surface area contributed by atoms with Gasteiger partial charge in [-0.15, -0.1) is 0 Å². The van der Waals surface area contributed by atoms with Crippen LogP contribution >= 0.6 is 23.1 Å². The van der Waals surface area contributed by atoms with Crippen LogP contribution in [0.2, 0.25) is 0 Å². The smallest absolute Gasteiger partial charge is 0.264 e. The fourth-order valence-corrected chi connectivity index (χ4v) is 8.37. The number of thiazole rings is 1. The predicted molar refractivity (Wildman–Crippen MR) is 174 cm³/mol. The van der Waals surface area contributed by atoms with Gasteiger partial charge in [-0.25, -0.2) is 8.42 Å². The number of thioether (sulfide) groups is 1. The van der Waals surface area contributed by atoms with E-state index in [1.54, 1.807) is 23.1 Å². The van der Waals surface area contributed by atoms with Crippen LogP contribution in [-0.4, -0.2) is 44.0 Å². The van der Waals surface area contributed by atoms with E-state index in [0.717, 1.165) is 53.1 Å². The first-order chi connectivity index (χ1) is 20.4. The molecule has 0 bridgehead atoms. The summed E-state index contributed by atoms with van der Waals surface area (Å²) in [5.74, 6) is -0.752. The van der Waals surface area contributed by atoms with E-state index in [4.69, 9.17) is 0 Å². The summed E-state index contributed by atoms with van der Waals surface area (Å²) in [6.45, 7) is 4.80. The van der Waals surface area contributed by atoms with Crippen molar-refractivity contribution < 1.29 is 30.5 Å². The number of allylic oxidation sites excluding steroid dienone is 2. The molecule has 1 aliphatic rings. The van der Waals surface area contributed by atoms with E-state index in [2.05, 4.69) is 52.0 Å². The highest BCUT2D eigenvalue weighted by atomic mass is 32.2. The summed E-state index contributed by atoms with van der Waals surface area (Å²) >= 11 is 3.20. The van der Waals surface area contributed by atoms with Gasteiger partial charge in [-0.2, -0.15) is 13.0 Å². The summed E-state index contributed by atoms with van der Waals surface area (Å²) < 4.78 is 69.2. The molecule has 43 heavy (non-hydrogen) atoms. The minimum Gasteiger partial charge on any atom is -0.748 e. The van der Waals surface area contributed by atoms with Crippen molar-refractivity contribution in [3.63, 3.8) is 0 Å². The highest BCUT2D eigenvalue weighted by Crippen LogP contribution is 2.46. The number of aryl methyl sites for hydroxylation is 2. The summed E-state index contributed by atoms with van der Waals surface area (Å²) in [5, 5.41) is 1.87. The molecule has 0 unspecified atom stereocenters. The summed E-state index contributed by atoms with van der Waals surface area (Å²) in [4.78, 5) is 3.15. The van der Waals surface area contributed by atoms with Crippen molar-refractivity contribution >= 4 is 65.3 Å². The van der Waals surface area contributed by atoms with Crippen molar-refractivity contribution in [1.29, 1.82) is 0 Å². The van der Waals surface area contributed by atoms with Gasteiger partial charge in [-0.1, -0.05) is 65.6 Å². The van der Waals surface area contributed by atoms with Crippen molar-refractivity contribution in [2.45, 2.75) is 38.1 Å². The molecule has 1 N–H and O–H groups in total. The van der Waals surface area contributed by atoms with Crippen molar-refractivity contribution in [3.05, 3.63) is 94.0 Å². The lowest BCUT2D eigenvalue weighted by Gasteiger charge is -2.20. The number of rotatable bonds is 11. The maximum atomic E-state index is 11.4. The minimum atomic E-state index is -4.33. The first-order valence-electron chi connectivity index (χ1n) is 13.7. The molecule has 4 aromatic rings. The monoisotopic (exact) mass is 656 g/mol. The topological polar surface area (TPSA) is 119 Å². The Morgan fingerprint density at radius 2 is 1.74 bits per heavy atom. The SMILES string of the molecule is CC(/C=C1\Sc2ccc(C)cc2N1CCCS(=O)(=O)O)=C\c1sc2ccc(-c3ccccc3)cc2[n+]1CCCS(=O)(=O)[O-]. The lowest BCUT2D eigenvalue weighted by molar-refractivity contribution is -0.668. The zero-order chi connectivity index (χ0) is 30.8. The summed E-state index contributed by atoms with van der Waals surface area (Å²) in [6.07, 6.45) is 4.58. The molecule has 0 saturated carbocycles. The molecule has 2 heterocycles. The standard InChI is InChI=1S/C31H32N2O6S4/c1-22-10-12-28-26(18-22)32(14-6-16-42(34,35)36)30(40-28)19-23(2)20-31-33(15-7-17-43(37,38)39)27-21-25(11-13-29(27)41-31)24-8-4-3-5-9-24/h3-5,8-13,18-21H,6-7,14-17H2,1-2H3,(H-,34,35,36,37,38,39). The first kappa shape index (κ1) is 31.4. The fraction of sp³-hybridized carbons (Fsp3) is 0.258. The van der Waals surface area contributed by atoms with E-state index in [1.165, 1.54) is 0 Å². The quantitative estimate of drug-likeness (QED) is 0.149. The molecular formula is C31H32N2O6S4. The highest BCUT2D eigenvalue weighted by molar-refractivity contribution is 8.03. The van der Waals surface area contributed by atoms with E-state index in [9.17, 15) is 25.9 Å². The summed E-state index contributed by atoms with van der Waals surface area (Å²) in [5.41, 5.74) is 6.13. The molecule has 12 heteroatoms. The third-order valence-corrected chi connectivity index (χ3v) is 10.8. The van der Waals surface area contributed by atoms with Gasteiger partial charge in [0.2, 0.25) is 5.52 Å². The number of hydrogen-bond acceptors (Lipinski definition) is 8. The lowest BCUT2D eigenvalue weighted by Crippen LogP contribution is -2.36. The Labute approximate surface area is 260 Å². The molecule has 1 aromatic heterocycles. The Hall–Kier alpha value is -3.00. The van der Waals surface area contributed by atoms with Gasteiger partial charge in [0.25, 0.3) is 15.1 Å². The van der Waals surface area contributed by atoms with Gasteiger partial charge in [0.1, 0.15) is 4.70 Å². The van der Waals surface area contributed by atoms with Crippen molar-refractivity contribution in [1.82, 2.24) is 0 Å². The van der Waals surface area contributed by atoms with Crippen LogP contribution in [0.15, 0.2) is 88.3 Å². The zero-order valence-electron chi connectivity index (χ0n) is 23.8. The second-order valence-corrected chi connectivity index (χ2v) is 15.7. The minimum absolute atomic E-state index is 0.199. The molecule has 8 nitrogen and oxygen atoms in total.